The largest absolute Gasteiger partial charge is 0.469 e. The number of hydrogen-bond donors (Lipinski definition) is 3. The molecule has 1 aromatic carbocycles. The first-order valence-corrected chi connectivity index (χ1v) is 8.80. The lowest BCUT2D eigenvalue weighted by Crippen LogP contribution is -2.39. The van der Waals surface area contributed by atoms with Crippen LogP contribution in [0.5, 0.6) is 0 Å². The summed E-state index contributed by atoms with van der Waals surface area (Å²) in [5.74, 6) is 3.84. The molecule has 1 aliphatic carbocycles. The summed E-state index contributed by atoms with van der Waals surface area (Å²) >= 11 is 0. The number of hydrogen-bond acceptors (Lipinski definition) is 5. The highest BCUT2D eigenvalue weighted by Crippen LogP contribution is 2.44. The number of benzene rings is 1. The lowest BCUT2D eigenvalue weighted by atomic mass is 9.67. The second-order valence-corrected chi connectivity index (χ2v) is 7.31. The monoisotopic (exact) mass is 361 g/mol. The maximum absolute atomic E-state index is 12.0. The molecule has 1 aromatic rings. The van der Waals surface area contributed by atoms with Crippen molar-refractivity contribution in [2.75, 3.05) is 12.4 Å². The molecule has 2 amide bonds. The van der Waals surface area contributed by atoms with Crippen LogP contribution in [0, 0.1) is 11.3 Å². The first-order valence-electron chi connectivity index (χ1n) is 8.80. The SMILES string of the molecule is COC(=O)C(C)(C)[C@H]1CC[C@H](c2ccc(NC(=O)C(=O)NN)cc2)CC1. The smallest absolute Gasteiger partial charge is 0.323 e. The number of rotatable bonds is 4. The lowest BCUT2D eigenvalue weighted by molar-refractivity contribution is -0.154. The molecule has 0 aliphatic heterocycles. The molecule has 0 bridgehead atoms. The van der Waals surface area contributed by atoms with E-state index in [4.69, 9.17) is 10.6 Å². The van der Waals surface area contributed by atoms with Gasteiger partial charge in [-0.15, -0.1) is 0 Å². The minimum atomic E-state index is -0.888. The lowest BCUT2D eigenvalue weighted by Gasteiger charge is -2.37. The van der Waals surface area contributed by atoms with Gasteiger partial charge in [-0.25, -0.2) is 5.84 Å². The Labute approximate surface area is 153 Å². The van der Waals surface area contributed by atoms with Crippen LogP contribution in [0.1, 0.15) is 51.0 Å². The summed E-state index contributed by atoms with van der Waals surface area (Å²) in [6.45, 7) is 3.91. The van der Waals surface area contributed by atoms with Crippen molar-refractivity contribution in [3.05, 3.63) is 29.8 Å². The van der Waals surface area contributed by atoms with E-state index in [9.17, 15) is 14.4 Å². The van der Waals surface area contributed by atoms with Crippen molar-refractivity contribution in [3.63, 3.8) is 0 Å². The van der Waals surface area contributed by atoms with Gasteiger partial charge in [0.05, 0.1) is 12.5 Å². The van der Waals surface area contributed by atoms with Gasteiger partial charge in [-0.05, 0) is 69.1 Å². The van der Waals surface area contributed by atoms with E-state index in [1.54, 1.807) is 17.6 Å². The predicted molar refractivity (Wildman–Crippen MR) is 97.9 cm³/mol. The Morgan fingerprint density at radius 3 is 2.12 bits per heavy atom. The van der Waals surface area contributed by atoms with Gasteiger partial charge in [-0.1, -0.05) is 12.1 Å². The zero-order valence-electron chi connectivity index (χ0n) is 15.5. The highest BCUT2D eigenvalue weighted by molar-refractivity contribution is 6.39. The summed E-state index contributed by atoms with van der Waals surface area (Å²) in [4.78, 5) is 34.6. The van der Waals surface area contributed by atoms with Crippen molar-refractivity contribution in [1.29, 1.82) is 0 Å². The summed E-state index contributed by atoms with van der Waals surface area (Å²) in [7, 11) is 1.44. The van der Waals surface area contributed by atoms with Gasteiger partial charge in [0.1, 0.15) is 0 Å². The summed E-state index contributed by atoms with van der Waals surface area (Å²) in [5.41, 5.74) is 3.07. The molecule has 0 unspecified atom stereocenters. The first kappa shape index (κ1) is 19.9. The summed E-state index contributed by atoms with van der Waals surface area (Å²) < 4.78 is 4.94. The molecule has 0 radical (unpaired) electrons. The standard InChI is InChI=1S/C19H27N3O4/c1-19(2,18(25)26-3)14-8-4-12(5-9-14)13-6-10-15(11-7-13)21-16(23)17(24)22-20/h6-7,10-12,14H,4-5,8-9,20H2,1-3H3,(H,21,23)(H,22,24)/t12-,14-. The molecular formula is C19H27N3O4. The number of methoxy groups -OCH3 is 1. The van der Waals surface area contributed by atoms with Crippen molar-refractivity contribution < 1.29 is 19.1 Å². The summed E-state index contributed by atoms with van der Waals surface area (Å²) in [6.07, 6.45) is 3.96. The van der Waals surface area contributed by atoms with Crippen LogP contribution in [0.3, 0.4) is 0 Å². The molecule has 0 spiro atoms. The van der Waals surface area contributed by atoms with Gasteiger partial charge in [0.2, 0.25) is 0 Å². The minimum absolute atomic E-state index is 0.150. The number of nitrogens with one attached hydrogen (secondary N) is 2. The highest BCUT2D eigenvalue weighted by atomic mass is 16.5. The Bertz CT molecular complexity index is 662. The highest BCUT2D eigenvalue weighted by Gasteiger charge is 2.39. The molecule has 0 saturated heterocycles. The van der Waals surface area contributed by atoms with E-state index in [1.165, 1.54) is 12.7 Å². The Hall–Kier alpha value is -2.41. The third kappa shape index (κ3) is 4.40. The number of anilines is 1. The number of nitrogens with two attached hydrogens (primary N) is 1. The van der Waals surface area contributed by atoms with Crippen LogP contribution in [-0.2, 0) is 19.1 Å². The quantitative estimate of drug-likeness (QED) is 0.250. The first-order chi connectivity index (χ1) is 12.3. The zero-order chi connectivity index (χ0) is 19.3. The topological polar surface area (TPSA) is 111 Å². The van der Waals surface area contributed by atoms with Crippen LogP contribution in [-0.4, -0.2) is 24.9 Å². The van der Waals surface area contributed by atoms with E-state index < -0.39 is 17.2 Å². The fourth-order valence-corrected chi connectivity index (χ4v) is 3.67. The van der Waals surface area contributed by atoms with E-state index in [0.717, 1.165) is 25.7 Å². The third-order valence-corrected chi connectivity index (χ3v) is 5.44. The molecule has 0 heterocycles. The van der Waals surface area contributed by atoms with Gasteiger partial charge in [0, 0.05) is 5.69 Å². The van der Waals surface area contributed by atoms with Crippen molar-refractivity contribution in [2.24, 2.45) is 17.2 Å². The molecule has 4 N–H and O–H groups in total. The van der Waals surface area contributed by atoms with Gasteiger partial charge < -0.3 is 10.1 Å². The average Bonchev–Trinajstić information content (AvgIpc) is 2.67. The zero-order valence-corrected chi connectivity index (χ0v) is 15.5. The van der Waals surface area contributed by atoms with Crippen LogP contribution in [0.25, 0.3) is 0 Å². The Balaban J connectivity index is 1.94. The molecule has 1 fully saturated rings. The van der Waals surface area contributed by atoms with Crippen LogP contribution in [0.2, 0.25) is 0 Å². The molecule has 7 heteroatoms. The number of hydrazine groups is 1. The predicted octanol–water partition coefficient (Wildman–Crippen LogP) is 2.09. The molecular weight excluding hydrogens is 334 g/mol. The van der Waals surface area contributed by atoms with E-state index in [2.05, 4.69) is 5.32 Å². The van der Waals surface area contributed by atoms with Crippen molar-refractivity contribution in [3.8, 4) is 0 Å². The Morgan fingerprint density at radius 1 is 1.04 bits per heavy atom. The molecule has 7 nitrogen and oxygen atoms in total. The molecule has 0 atom stereocenters. The second-order valence-electron chi connectivity index (χ2n) is 7.31. The number of carbonyl (C=O) groups is 3. The maximum atomic E-state index is 12.0. The van der Waals surface area contributed by atoms with Crippen molar-refractivity contribution in [2.45, 2.75) is 45.4 Å². The van der Waals surface area contributed by atoms with E-state index in [0.29, 0.717) is 17.5 Å². The number of carbonyl (C=O) groups excluding carboxylic acids is 3. The summed E-state index contributed by atoms with van der Waals surface area (Å²) in [6, 6.07) is 7.49. The number of ether oxygens (including phenoxy) is 1. The normalized spacial score (nSPS) is 20.2. The van der Waals surface area contributed by atoms with Gasteiger partial charge in [-0.2, -0.15) is 0 Å². The van der Waals surface area contributed by atoms with Gasteiger partial charge in [-0.3, -0.25) is 19.8 Å². The van der Waals surface area contributed by atoms with Crippen LogP contribution < -0.4 is 16.6 Å². The third-order valence-electron chi connectivity index (χ3n) is 5.44. The average molecular weight is 361 g/mol. The number of amides is 2. The van der Waals surface area contributed by atoms with E-state index in [1.807, 2.05) is 26.0 Å². The molecule has 142 valence electrons. The van der Waals surface area contributed by atoms with Gasteiger partial charge >= 0.3 is 17.8 Å². The number of esters is 1. The van der Waals surface area contributed by atoms with Crippen molar-refractivity contribution >= 4 is 23.5 Å². The van der Waals surface area contributed by atoms with Crippen LogP contribution in [0.15, 0.2) is 24.3 Å². The van der Waals surface area contributed by atoms with Gasteiger partial charge in [0.15, 0.2) is 0 Å². The Morgan fingerprint density at radius 2 is 1.62 bits per heavy atom. The fourth-order valence-electron chi connectivity index (χ4n) is 3.67. The fraction of sp³-hybridized carbons (Fsp3) is 0.526. The molecule has 2 rings (SSSR count). The van der Waals surface area contributed by atoms with Crippen LogP contribution in [0.4, 0.5) is 5.69 Å². The van der Waals surface area contributed by atoms with Crippen molar-refractivity contribution in [1.82, 2.24) is 5.43 Å². The molecule has 1 saturated carbocycles. The second kappa shape index (κ2) is 8.31. The molecule has 1 aliphatic rings. The Kier molecular flexibility index (Phi) is 6.37. The summed E-state index contributed by atoms with van der Waals surface area (Å²) in [5, 5.41) is 2.49. The van der Waals surface area contributed by atoms with Crippen LogP contribution >= 0.6 is 0 Å². The minimum Gasteiger partial charge on any atom is -0.469 e. The van der Waals surface area contributed by atoms with E-state index in [-0.39, 0.29) is 5.97 Å². The molecule has 0 aromatic heterocycles. The van der Waals surface area contributed by atoms with E-state index >= 15 is 0 Å². The van der Waals surface area contributed by atoms with Gasteiger partial charge in [0.25, 0.3) is 0 Å². The maximum Gasteiger partial charge on any atom is 0.323 e. The molecule has 26 heavy (non-hydrogen) atoms.